The zero-order chi connectivity index (χ0) is 14.3. The monoisotopic (exact) mass is 358 g/mol. The molecule has 19 heavy (non-hydrogen) atoms. The van der Waals surface area contributed by atoms with Crippen LogP contribution in [-0.4, -0.2) is 5.11 Å². The Kier molecular flexibility index (Phi) is 4.38. The van der Waals surface area contributed by atoms with Crippen molar-refractivity contribution in [2.75, 3.05) is 0 Å². The summed E-state index contributed by atoms with van der Waals surface area (Å²) >= 11 is 29.8. The standard InChI is InChI=1S/C12H4Cl5FO/c13-7-6(4-2-1-3-5(18)12(4)19)8(14)10(16)11(17)9(7)15/h1-3,19H. The summed E-state index contributed by atoms with van der Waals surface area (Å²) < 4.78 is 13.4. The molecular weight excluding hydrogens is 356 g/mol. The Hall–Kier alpha value is -0.380. The minimum atomic E-state index is -0.813. The second-order valence-electron chi connectivity index (χ2n) is 3.58. The third kappa shape index (κ3) is 2.48. The van der Waals surface area contributed by atoms with Gasteiger partial charge in [0.25, 0.3) is 0 Å². The summed E-state index contributed by atoms with van der Waals surface area (Å²) in [6.45, 7) is 0. The highest BCUT2D eigenvalue weighted by Crippen LogP contribution is 2.50. The van der Waals surface area contributed by atoms with Gasteiger partial charge in [-0.05, 0) is 6.07 Å². The van der Waals surface area contributed by atoms with Crippen molar-refractivity contribution in [3.05, 3.63) is 49.1 Å². The number of halogens is 6. The maximum absolute atomic E-state index is 13.4. The lowest BCUT2D eigenvalue weighted by Gasteiger charge is -2.13. The van der Waals surface area contributed by atoms with Crippen molar-refractivity contribution in [1.82, 2.24) is 0 Å². The van der Waals surface area contributed by atoms with Gasteiger partial charge in [-0.25, -0.2) is 4.39 Å². The van der Waals surface area contributed by atoms with Crippen molar-refractivity contribution in [3.8, 4) is 16.9 Å². The molecule has 2 aromatic rings. The van der Waals surface area contributed by atoms with Crippen LogP contribution in [0.3, 0.4) is 0 Å². The largest absolute Gasteiger partial charge is 0.504 e. The number of hydrogen-bond donors (Lipinski definition) is 1. The van der Waals surface area contributed by atoms with Crippen molar-refractivity contribution >= 4 is 58.0 Å². The Morgan fingerprint density at radius 3 is 1.79 bits per heavy atom. The molecule has 0 saturated carbocycles. The molecule has 0 aliphatic heterocycles. The van der Waals surface area contributed by atoms with Crippen LogP contribution >= 0.6 is 58.0 Å². The first kappa shape index (κ1) is 15.0. The van der Waals surface area contributed by atoms with Crippen molar-refractivity contribution in [1.29, 1.82) is 0 Å². The first-order valence-corrected chi connectivity index (χ1v) is 6.74. The molecular formula is C12H4Cl5FO. The molecule has 0 spiro atoms. The number of phenols is 1. The highest BCUT2D eigenvalue weighted by atomic mass is 35.5. The molecule has 0 fully saturated rings. The van der Waals surface area contributed by atoms with Crippen molar-refractivity contribution in [2.45, 2.75) is 0 Å². The van der Waals surface area contributed by atoms with Crippen LogP contribution < -0.4 is 0 Å². The van der Waals surface area contributed by atoms with E-state index < -0.39 is 11.6 Å². The number of phenolic OH excluding ortho intramolecular Hbond substituents is 1. The van der Waals surface area contributed by atoms with Gasteiger partial charge in [-0.2, -0.15) is 0 Å². The molecule has 0 bridgehead atoms. The van der Waals surface area contributed by atoms with Gasteiger partial charge < -0.3 is 5.11 Å². The predicted octanol–water partition coefficient (Wildman–Crippen LogP) is 6.47. The molecule has 0 unspecified atom stereocenters. The maximum Gasteiger partial charge on any atom is 0.165 e. The summed E-state index contributed by atoms with van der Waals surface area (Å²) in [6, 6.07) is 3.93. The van der Waals surface area contributed by atoms with E-state index in [0.717, 1.165) is 6.07 Å². The fraction of sp³-hybridized carbons (Fsp3) is 0. The van der Waals surface area contributed by atoms with Crippen LogP contribution in [0.4, 0.5) is 4.39 Å². The van der Waals surface area contributed by atoms with Crippen molar-refractivity contribution < 1.29 is 9.50 Å². The van der Waals surface area contributed by atoms with Gasteiger partial charge in [0.2, 0.25) is 0 Å². The smallest absolute Gasteiger partial charge is 0.165 e. The maximum atomic E-state index is 13.4. The van der Waals surface area contributed by atoms with Crippen LogP contribution in [0.2, 0.25) is 25.1 Å². The van der Waals surface area contributed by atoms with Gasteiger partial charge in [0.15, 0.2) is 11.6 Å². The second kappa shape index (κ2) is 5.55. The van der Waals surface area contributed by atoms with Crippen LogP contribution in [0, 0.1) is 5.82 Å². The topological polar surface area (TPSA) is 20.2 Å². The Morgan fingerprint density at radius 2 is 1.26 bits per heavy atom. The predicted molar refractivity (Wildman–Crippen MR) is 78.6 cm³/mol. The van der Waals surface area contributed by atoms with Gasteiger partial charge in [-0.3, -0.25) is 0 Å². The van der Waals surface area contributed by atoms with Crippen LogP contribution in [0.5, 0.6) is 5.75 Å². The molecule has 0 saturated heterocycles. The molecule has 7 heteroatoms. The summed E-state index contributed by atoms with van der Waals surface area (Å²) in [5, 5.41) is 9.68. The van der Waals surface area contributed by atoms with E-state index in [1.54, 1.807) is 0 Å². The van der Waals surface area contributed by atoms with Gasteiger partial charge >= 0.3 is 0 Å². The molecule has 0 heterocycles. The molecule has 2 rings (SSSR count). The number of para-hydroxylation sites is 1. The minimum absolute atomic E-state index is 0.00187. The Labute approximate surface area is 133 Å². The molecule has 0 aromatic heterocycles. The van der Waals surface area contributed by atoms with Gasteiger partial charge in [0.05, 0.1) is 25.1 Å². The number of hydrogen-bond acceptors (Lipinski definition) is 1. The SMILES string of the molecule is Oc1c(F)cccc1-c1c(Cl)c(Cl)c(Cl)c(Cl)c1Cl. The molecule has 100 valence electrons. The summed E-state index contributed by atoms with van der Waals surface area (Å²) in [5.74, 6) is -1.41. The zero-order valence-electron chi connectivity index (χ0n) is 8.95. The molecule has 1 N–H and O–H groups in total. The average molecular weight is 360 g/mol. The quantitative estimate of drug-likeness (QED) is 0.457. The average Bonchev–Trinajstić information content (AvgIpc) is 2.39. The van der Waals surface area contributed by atoms with Crippen LogP contribution in [0.15, 0.2) is 18.2 Å². The lowest BCUT2D eigenvalue weighted by atomic mass is 10.0. The van der Waals surface area contributed by atoms with E-state index in [9.17, 15) is 9.50 Å². The van der Waals surface area contributed by atoms with E-state index in [1.165, 1.54) is 12.1 Å². The molecule has 0 amide bonds. The normalized spacial score (nSPS) is 10.8. The van der Waals surface area contributed by atoms with E-state index >= 15 is 0 Å². The summed E-state index contributed by atoms with van der Waals surface area (Å²) in [6.07, 6.45) is 0. The van der Waals surface area contributed by atoms with E-state index in [4.69, 9.17) is 58.0 Å². The highest BCUT2D eigenvalue weighted by Gasteiger charge is 2.23. The van der Waals surface area contributed by atoms with Crippen LogP contribution in [-0.2, 0) is 0 Å². The third-order valence-corrected chi connectivity index (χ3v) is 4.74. The molecule has 0 radical (unpaired) electrons. The van der Waals surface area contributed by atoms with Gasteiger partial charge in [-0.1, -0.05) is 70.1 Å². The zero-order valence-corrected chi connectivity index (χ0v) is 12.7. The van der Waals surface area contributed by atoms with E-state index in [0.29, 0.717) is 0 Å². The molecule has 0 aliphatic carbocycles. The Bertz CT molecular complexity index is 643. The Morgan fingerprint density at radius 1 is 0.789 bits per heavy atom. The molecule has 0 atom stereocenters. The fourth-order valence-electron chi connectivity index (χ4n) is 1.56. The molecule has 2 aromatic carbocycles. The first-order valence-electron chi connectivity index (χ1n) is 4.85. The van der Waals surface area contributed by atoms with E-state index in [2.05, 4.69) is 0 Å². The number of aromatic hydroxyl groups is 1. The van der Waals surface area contributed by atoms with Crippen LogP contribution in [0.1, 0.15) is 0 Å². The summed E-state index contributed by atoms with van der Waals surface area (Å²) in [4.78, 5) is 0. The lowest BCUT2D eigenvalue weighted by molar-refractivity contribution is 0.434. The molecule has 1 nitrogen and oxygen atoms in total. The van der Waals surface area contributed by atoms with Crippen molar-refractivity contribution in [2.24, 2.45) is 0 Å². The number of rotatable bonds is 1. The lowest BCUT2D eigenvalue weighted by Crippen LogP contribution is -1.89. The van der Waals surface area contributed by atoms with Gasteiger partial charge in [0, 0.05) is 11.1 Å². The minimum Gasteiger partial charge on any atom is -0.504 e. The molecule has 0 aliphatic rings. The number of benzene rings is 2. The van der Waals surface area contributed by atoms with Gasteiger partial charge in [-0.15, -0.1) is 0 Å². The second-order valence-corrected chi connectivity index (χ2v) is 5.47. The summed E-state index contributed by atoms with van der Waals surface area (Å²) in [5.41, 5.74) is 0.204. The fourth-order valence-corrected chi connectivity index (χ4v) is 2.90. The van der Waals surface area contributed by atoms with Crippen LogP contribution in [0.25, 0.3) is 11.1 Å². The first-order chi connectivity index (χ1) is 8.86. The third-order valence-electron chi connectivity index (χ3n) is 2.47. The van der Waals surface area contributed by atoms with E-state index in [1.807, 2.05) is 0 Å². The highest BCUT2D eigenvalue weighted by molar-refractivity contribution is 6.56. The summed E-state index contributed by atoms with van der Waals surface area (Å²) in [7, 11) is 0. The Balaban J connectivity index is 2.87. The van der Waals surface area contributed by atoms with Gasteiger partial charge in [0.1, 0.15) is 0 Å². The van der Waals surface area contributed by atoms with E-state index in [-0.39, 0.29) is 36.2 Å². The van der Waals surface area contributed by atoms with Crippen molar-refractivity contribution in [3.63, 3.8) is 0 Å².